The van der Waals surface area contributed by atoms with Gasteiger partial charge in [-0.2, -0.15) is 5.10 Å². The van der Waals surface area contributed by atoms with Crippen molar-refractivity contribution in [2.45, 2.75) is 0 Å². The molecule has 1 N–H and O–H groups in total. The van der Waals surface area contributed by atoms with Gasteiger partial charge >= 0.3 is 0 Å². The fourth-order valence-corrected chi connectivity index (χ4v) is 2.33. The average molecular weight is 308 g/mol. The average Bonchev–Trinajstić information content (AvgIpc) is 3.00. The first-order chi connectivity index (χ1) is 9.65. The first kappa shape index (κ1) is 12.9. The molecular formula is C13H7Cl2N3O2. The van der Waals surface area contributed by atoms with Crippen molar-refractivity contribution in [2.24, 2.45) is 10.2 Å². The molecule has 0 fully saturated rings. The number of hydrogen-bond acceptors (Lipinski definition) is 4. The van der Waals surface area contributed by atoms with E-state index in [1.54, 1.807) is 24.3 Å². The minimum atomic E-state index is -0.374. The van der Waals surface area contributed by atoms with E-state index in [2.05, 4.69) is 15.5 Å². The van der Waals surface area contributed by atoms with Crippen LogP contribution in [0.3, 0.4) is 0 Å². The minimum Gasteiger partial charge on any atom is -0.463 e. The van der Waals surface area contributed by atoms with E-state index < -0.39 is 0 Å². The van der Waals surface area contributed by atoms with Crippen LogP contribution in [-0.2, 0) is 4.79 Å². The molecule has 2 heterocycles. The topological polar surface area (TPSA) is 67.0 Å². The van der Waals surface area contributed by atoms with Crippen LogP contribution in [0.2, 0.25) is 10.0 Å². The van der Waals surface area contributed by atoms with Crippen molar-refractivity contribution >= 4 is 46.7 Å². The molecule has 1 aromatic carbocycles. The third-order valence-corrected chi connectivity index (χ3v) is 3.17. The van der Waals surface area contributed by atoms with Crippen LogP contribution in [0, 0.1) is 0 Å². The van der Waals surface area contributed by atoms with E-state index in [4.69, 9.17) is 27.6 Å². The molecule has 0 saturated heterocycles. The molecule has 1 aromatic heterocycles. The fraction of sp³-hybridized carbons (Fsp3) is 0. The number of nitrogens with zero attached hydrogens (tertiary/aromatic N) is 2. The van der Waals surface area contributed by atoms with Crippen molar-refractivity contribution in [1.82, 2.24) is 0 Å². The smallest absolute Gasteiger partial charge is 0.276 e. The summed E-state index contributed by atoms with van der Waals surface area (Å²) in [7, 11) is 0. The zero-order valence-electron chi connectivity index (χ0n) is 9.93. The normalized spacial score (nSPS) is 15.9. The highest BCUT2D eigenvalue weighted by atomic mass is 35.5. The van der Waals surface area contributed by atoms with E-state index in [1.807, 2.05) is 0 Å². The van der Waals surface area contributed by atoms with Gasteiger partial charge in [-0.15, -0.1) is 5.10 Å². The van der Waals surface area contributed by atoms with Crippen molar-refractivity contribution in [3.63, 3.8) is 0 Å². The number of furan rings is 1. The first-order valence-corrected chi connectivity index (χ1v) is 6.36. The molecule has 0 radical (unpaired) electrons. The van der Waals surface area contributed by atoms with Gasteiger partial charge in [0.05, 0.1) is 23.2 Å². The molecular weight excluding hydrogens is 301 g/mol. The Morgan fingerprint density at radius 2 is 2.15 bits per heavy atom. The highest BCUT2D eigenvalue weighted by molar-refractivity contribution is 6.56. The van der Waals surface area contributed by atoms with E-state index in [1.165, 1.54) is 12.5 Å². The molecule has 0 unspecified atom stereocenters. The summed E-state index contributed by atoms with van der Waals surface area (Å²) in [5.74, 6) is 0.165. The van der Waals surface area contributed by atoms with Crippen molar-refractivity contribution in [1.29, 1.82) is 0 Å². The van der Waals surface area contributed by atoms with Gasteiger partial charge in [-0.25, -0.2) is 0 Å². The highest BCUT2D eigenvalue weighted by Crippen LogP contribution is 2.34. The lowest BCUT2D eigenvalue weighted by Crippen LogP contribution is -2.13. The Bertz CT molecular complexity index is 736. The van der Waals surface area contributed by atoms with Crippen molar-refractivity contribution < 1.29 is 9.21 Å². The molecule has 5 nitrogen and oxygen atoms in total. The molecule has 0 atom stereocenters. The summed E-state index contributed by atoms with van der Waals surface area (Å²) < 4.78 is 5.07. The Morgan fingerprint density at radius 3 is 2.90 bits per heavy atom. The third-order valence-electron chi connectivity index (χ3n) is 2.65. The van der Waals surface area contributed by atoms with Crippen LogP contribution in [0.15, 0.2) is 45.1 Å². The summed E-state index contributed by atoms with van der Waals surface area (Å²) in [4.78, 5) is 11.8. The standard InChI is InChI=1S/C13H7Cl2N3O2/c14-7-4-9-11(10(15)5-7)17-13(19)12(9)18-16-6-8-2-1-3-20-8/h1-6H,(H,17,18,19). The maximum atomic E-state index is 11.8. The van der Waals surface area contributed by atoms with Gasteiger partial charge in [0.1, 0.15) is 5.76 Å². The van der Waals surface area contributed by atoms with Crippen LogP contribution in [0.5, 0.6) is 0 Å². The summed E-state index contributed by atoms with van der Waals surface area (Å²) in [5.41, 5.74) is 1.18. The SMILES string of the molecule is O=C1Nc2c(Cl)cc(Cl)cc2C1=NN=Cc1ccco1. The molecule has 0 saturated carbocycles. The van der Waals surface area contributed by atoms with E-state index >= 15 is 0 Å². The van der Waals surface area contributed by atoms with E-state index in [0.717, 1.165) is 0 Å². The van der Waals surface area contributed by atoms with E-state index in [-0.39, 0.29) is 11.6 Å². The maximum Gasteiger partial charge on any atom is 0.276 e. The van der Waals surface area contributed by atoms with Crippen LogP contribution >= 0.6 is 23.2 Å². The van der Waals surface area contributed by atoms with E-state index in [0.29, 0.717) is 27.1 Å². The Kier molecular flexibility index (Phi) is 3.30. The number of anilines is 1. The Labute approximate surface area is 123 Å². The Morgan fingerprint density at radius 1 is 1.30 bits per heavy atom. The van der Waals surface area contributed by atoms with Gasteiger partial charge in [0.2, 0.25) is 0 Å². The zero-order chi connectivity index (χ0) is 14.1. The second-order valence-electron chi connectivity index (χ2n) is 3.97. The first-order valence-electron chi connectivity index (χ1n) is 5.60. The van der Waals surface area contributed by atoms with Gasteiger partial charge in [0.25, 0.3) is 5.91 Å². The summed E-state index contributed by atoms with van der Waals surface area (Å²) in [6.07, 6.45) is 2.93. The molecule has 1 aliphatic rings. The maximum absolute atomic E-state index is 11.8. The van der Waals surface area contributed by atoms with Gasteiger partial charge in [-0.05, 0) is 24.3 Å². The molecule has 100 valence electrons. The van der Waals surface area contributed by atoms with Gasteiger partial charge in [-0.3, -0.25) is 4.79 Å². The number of fused-ring (bicyclic) bond motifs is 1. The highest BCUT2D eigenvalue weighted by Gasteiger charge is 2.28. The summed E-state index contributed by atoms with van der Waals surface area (Å²) in [6.45, 7) is 0. The van der Waals surface area contributed by atoms with Gasteiger partial charge in [-0.1, -0.05) is 23.2 Å². The lowest BCUT2D eigenvalue weighted by Gasteiger charge is -2.00. The number of hydrogen-bond donors (Lipinski definition) is 1. The van der Waals surface area contributed by atoms with Crippen LogP contribution in [0.1, 0.15) is 11.3 Å². The number of amides is 1. The van der Waals surface area contributed by atoms with E-state index in [9.17, 15) is 4.79 Å². The zero-order valence-corrected chi connectivity index (χ0v) is 11.4. The van der Waals surface area contributed by atoms with Gasteiger partial charge in [0.15, 0.2) is 5.71 Å². The molecule has 20 heavy (non-hydrogen) atoms. The van der Waals surface area contributed by atoms with Gasteiger partial charge in [0, 0.05) is 10.6 Å². The summed E-state index contributed by atoms with van der Waals surface area (Å²) in [6, 6.07) is 6.62. The predicted molar refractivity (Wildman–Crippen MR) is 77.9 cm³/mol. The number of rotatable bonds is 2. The number of carbonyl (C=O) groups is 1. The second kappa shape index (κ2) is 5.11. The number of carbonyl (C=O) groups excluding carboxylic acids is 1. The molecule has 0 spiro atoms. The van der Waals surface area contributed by atoms with Crippen LogP contribution in [-0.4, -0.2) is 17.8 Å². The number of halogens is 2. The predicted octanol–water partition coefficient (Wildman–Crippen LogP) is 3.36. The lowest BCUT2D eigenvalue weighted by molar-refractivity contribution is -0.110. The Hall–Kier alpha value is -2.11. The van der Waals surface area contributed by atoms with Crippen LogP contribution < -0.4 is 5.32 Å². The fourth-order valence-electron chi connectivity index (χ4n) is 1.79. The van der Waals surface area contributed by atoms with Crippen molar-refractivity contribution in [3.8, 4) is 0 Å². The lowest BCUT2D eigenvalue weighted by atomic mass is 10.1. The molecule has 0 aliphatic carbocycles. The quantitative estimate of drug-likeness (QED) is 0.683. The molecule has 0 bridgehead atoms. The third kappa shape index (κ3) is 2.33. The monoisotopic (exact) mass is 307 g/mol. The van der Waals surface area contributed by atoms with Gasteiger partial charge < -0.3 is 9.73 Å². The molecule has 2 aromatic rings. The second-order valence-corrected chi connectivity index (χ2v) is 4.82. The van der Waals surface area contributed by atoms with Crippen molar-refractivity contribution in [3.05, 3.63) is 51.9 Å². The minimum absolute atomic E-state index is 0.159. The molecule has 1 amide bonds. The molecule has 7 heteroatoms. The number of nitrogens with one attached hydrogen (secondary N) is 1. The van der Waals surface area contributed by atoms with Crippen LogP contribution in [0.4, 0.5) is 5.69 Å². The summed E-state index contributed by atoms with van der Waals surface area (Å²) in [5, 5.41) is 11.1. The summed E-state index contributed by atoms with van der Waals surface area (Å²) >= 11 is 11.9. The largest absolute Gasteiger partial charge is 0.463 e. The van der Waals surface area contributed by atoms with Crippen LogP contribution in [0.25, 0.3) is 0 Å². The molecule has 1 aliphatic heterocycles. The Balaban J connectivity index is 1.98. The van der Waals surface area contributed by atoms with Crippen molar-refractivity contribution in [2.75, 3.05) is 5.32 Å². The number of benzene rings is 1. The molecule has 3 rings (SSSR count).